The Kier molecular flexibility index (Phi) is 12.4. The van der Waals surface area contributed by atoms with Crippen LogP contribution in [0.15, 0.2) is 108 Å². The lowest BCUT2D eigenvalue weighted by molar-refractivity contribution is -0.127. The van der Waals surface area contributed by atoms with Gasteiger partial charge in [0.25, 0.3) is 0 Å². The lowest BCUT2D eigenvalue weighted by Crippen LogP contribution is -2.47. The highest BCUT2D eigenvalue weighted by molar-refractivity contribution is 9.10. The van der Waals surface area contributed by atoms with E-state index in [1.165, 1.54) is 16.7 Å². The minimum atomic E-state index is -0.0115. The third kappa shape index (κ3) is 10.7. The Bertz CT molecular complexity index is 1900. The van der Waals surface area contributed by atoms with Gasteiger partial charge in [0, 0.05) is 68.0 Å². The second-order valence-corrected chi connectivity index (χ2v) is 13.8. The Morgan fingerprint density at radius 2 is 1.53 bits per heavy atom. The summed E-state index contributed by atoms with van der Waals surface area (Å²) in [6, 6.07) is 28.0. The van der Waals surface area contributed by atoms with Gasteiger partial charge in [0.15, 0.2) is 5.75 Å². The molecule has 1 saturated heterocycles. The van der Waals surface area contributed by atoms with Crippen LogP contribution in [0.25, 0.3) is 6.08 Å². The number of carbonyl (C=O) groups excluding carboxylic acids is 1. The minimum Gasteiger partial charge on any atom is -0.487 e. The van der Waals surface area contributed by atoms with E-state index in [1.54, 1.807) is 36.7 Å². The second kappa shape index (κ2) is 17.5. The van der Waals surface area contributed by atoms with Gasteiger partial charge in [-0.15, -0.1) is 0 Å². The summed E-state index contributed by atoms with van der Waals surface area (Å²) in [6.07, 6.45) is 7.60. The van der Waals surface area contributed by atoms with E-state index in [-0.39, 0.29) is 5.91 Å². The molecule has 1 amide bonds. The highest BCUT2D eigenvalue weighted by Crippen LogP contribution is 2.34. The van der Waals surface area contributed by atoms with Crippen molar-refractivity contribution in [1.82, 2.24) is 19.8 Å². The quantitative estimate of drug-likeness (QED) is 0.111. The molecule has 8 nitrogen and oxygen atoms in total. The van der Waals surface area contributed by atoms with E-state index in [4.69, 9.17) is 25.8 Å². The third-order valence-electron chi connectivity index (χ3n) is 8.57. The average Bonchev–Trinajstić information content (AvgIpc) is 3.14. The van der Waals surface area contributed by atoms with Crippen molar-refractivity contribution in [3.8, 4) is 23.3 Å². The van der Waals surface area contributed by atoms with Crippen LogP contribution in [0.4, 0.5) is 0 Å². The van der Waals surface area contributed by atoms with E-state index in [1.807, 2.05) is 48.2 Å². The van der Waals surface area contributed by atoms with Gasteiger partial charge in [0.05, 0.1) is 17.8 Å². The van der Waals surface area contributed by atoms with Crippen LogP contribution in [-0.4, -0.2) is 58.5 Å². The Morgan fingerprint density at radius 3 is 2.22 bits per heavy atom. The molecular formula is C41H40BrClN4O4. The zero-order valence-corrected chi connectivity index (χ0v) is 31.1. The molecule has 0 radical (unpaired) electrons. The first-order valence-electron chi connectivity index (χ1n) is 16.9. The van der Waals surface area contributed by atoms with Gasteiger partial charge in [0.1, 0.15) is 12.4 Å². The highest BCUT2D eigenvalue weighted by atomic mass is 79.9. The first kappa shape index (κ1) is 36.1. The first-order chi connectivity index (χ1) is 24.8. The monoisotopic (exact) mass is 766 g/mol. The maximum absolute atomic E-state index is 13.0. The SMILES string of the molecule is Cc1ccc(COc2ccc(Oc3c(C)cc(C=CC(=O)N4CCN(Cc5ccc(CCOc6ccc(Br)cn6)cc5)CC4)cc3Cl)nc2)cc1. The van der Waals surface area contributed by atoms with E-state index in [0.29, 0.717) is 54.6 Å². The Hall–Kier alpha value is -4.70. The summed E-state index contributed by atoms with van der Waals surface area (Å²) >= 11 is 10.0. The average molecular weight is 768 g/mol. The van der Waals surface area contributed by atoms with E-state index in [9.17, 15) is 4.79 Å². The third-order valence-corrected chi connectivity index (χ3v) is 9.32. The minimum absolute atomic E-state index is 0.0115. The molecule has 5 aromatic rings. The molecule has 6 rings (SSSR count). The normalized spacial score (nSPS) is 13.4. The van der Waals surface area contributed by atoms with E-state index in [2.05, 4.69) is 74.1 Å². The number of ether oxygens (including phenoxy) is 3. The van der Waals surface area contributed by atoms with E-state index < -0.39 is 0 Å². The van der Waals surface area contributed by atoms with Crippen LogP contribution in [0.2, 0.25) is 5.02 Å². The van der Waals surface area contributed by atoms with E-state index >= 15 is 0 Å². The first-order valence-corrected chi connectivity index (χ1v) is 18.1. The number of halogens is 2. The number of nitrogens with zero attached hydrogens (tertiary/aromatic N) is 4. The number of amides is 1. The summed E-state index contributed by atoms with van der Waals surface area (Å²) in [6.45, 7) is 8.86. The zero-order chi connectivity index (χ0) is 35.6. The van der Waals surface area contributed by atoms with Crippen LogP contribution in [0.3, 0.4) is 0 Å². The summed E-state index contributed by atoms with van der Waals surface area (Å²) < 4.78 is 18.6. The predicted octanol–water partition coefficient (Wildman–Crippen LogP) is 8.86. The number of pyridine rings is 2. The molecule has 0 N–H and O–H groups in total. The van der Waals surface area contributed by atoms with Crippen LogP contribution in [-0.2, 0) is 24.4 Å². The lowest BCUT2D eigenvalue weighted by Gasteiger charge is -2.34. The molecule has 3 heterocycles. The van der Waals surface area contributed by atoms with Crippen LogP contribution < -0.4 is 14.2 Å². The van der Waals surface area contributed by atoms with Crippen molar-refractivity contribution < 1.29 is 19.0 Å². The largest absolute Gasteiger partial charge is 0.487 e. The topological polar surface area (TPSA) is 77.0 Å². The lowest BCUT2D eigenvalue weighted by atomic mass is 10.1. The van der Waals surface area contributed by atoms with Crippen LogP contribution in [0, 0.1) is 13.8 Å². The molecular weight excluding hydrogens is 728 g/mol. The van der Waals surface area contributed by atoms with Gasteiger partial charge in [-0.1, -0.05) is 65.7 Å². The van der Waals surface area contributed by atoms with Crippen molar-refractivity contribution in [3.63, 3.8) is 0 Å². The van der Waals surface area contributed by atoms with Crippen LogP contribution >= 0.6 is 27.5 Å². The van der Waals surface area contributed by atoms with Crippen LogP contribution in [0.5, 0.6) is 23.3 Å². The van der Waals surface area contributed by atoms with Gasteiger partial charge < -0.3 is 19.1 Å². The molecule has 2 aromatic heterocycles. The van der Waals surface area contributed by atoms with Gasteiger partial charge in [-0.3, -0.25) is 9.69 Å². The number of rotatable bonds is 13. The molecule has 3 aromatic carbocycles. The van der Waals surface area contributed by atoms with Gasteiger partial charge in [0.2, 0.25) is 17.7 Å². The van der Waals surface area contributed by atoms with Gasteiger partial charge in [-0.2, -0.15) is 0 Å². The Morgan fingerprint density at radius 1 is 0.824 bits per heavy atom. The number of hydrogen-bond donors (Lipinski definition) is 0. The fourth-order valence-corrected chi connectivity index (χ4v) is 6.19. The molecule has 51 heavy (non-hydrogen) atoms. The van der Waals surface area contributed by atoms with Gasteiger partial charge in [-0.05, 0) is 87.9 Å². The molecule has 10 heteroatoms. The number of benzene rings is 3. The zero-order valence-electron chi connectivity index (χ0n) is 28.7. The molecule has 262 valence electrons. The Labute approximate surface area is 312 Å². The number of aromatic nitrogens is 2. The molecule has 0 unspecified atom stereocenters. The molecule has 0 atom stereocenters. The summed E-state index contributed by atoms with van der Waals surface area (Å²) in [4.78, 5) is 25.9. The maximum Gasteiger partial charge on any atom is 0.246 e. The summed E-state index contributed by atoms with van der Waals surface area (Å²) in [7, 11) is 0. The number of carbonyl (C=O) groups is 1. The fourth-order valence-electron chi connectivity index (χ4n) is 5.64. The molecule has 1 fully saturated rings. The van der Waals surface area contributed by atoms with Crippen molar-refractivity contribution >= 4 is 39.5 Å². The smallest absolute Gasteiger partial charge is 0.246 e. The molecule has 1 aliphatic rings. The van der Waals surface area contributed by atoms with Gasteiger partial charge >= 0.3 is 0 Å². The van der Waals surface area contributed by atoms with Crippen LogP contribution in [0.1, 0.15) is 33.4 Å². The van der Waals surface area contributed by atoms with Crippen molar-refractivity contribution in [1.29, 1.82) is 0 Å². The molecule has 0 spiro atoms. The van der Waals surface area contributed by atoms with Crippen molar-refractivity contribution in [2.45, 2.75) is 33.4 Å². The molecule has 0 aliphatic carbocycles. The van der Waals surface area contributed by atoms with E-state index in [0.717, 1.165) is 47.2 Å². The fraction of sp³-hybridized carbons (Fsp3) is 0.244. The summed E-state index contributed by atoms with van der Waals surface area (Å²) in [5.41, 5.74) is 6.44. The molecule has 1 aliphatic heterocycles. The Balaban J connectivity index is 0.931. The van der Waals surface area contributed by atoms with Crippen molar-refractivity contribution in [2.75, 3.05) is 32.8 Å². The summed E-state index contributed by atoms with van der Waals surface area (Å²) in [5.74, 6) is 2.20. The number of hydrogen-bond acceptors (Lipinski definition) is 7. The van der Waals surface area contributed by atoms with Crippen molar-refractivity contribution in [3.05, 3.63) is 146 Å². The highest BCUT2D eigenvalue weighted by Gasteiger charge is 2.20. The standard InChI is InChI=1S/C41H40BrClN4O4/c1-29-3-5-33(6-4-29)28-50-36-13-15-39(45-26-36)51-41-30(2)23-34(24-37(41)43)11-16-40(48)47-20-18-46(19-21-47)27-32-9-7-31(8-10-32)17-22-49-38-14-12-35(42)25-44-38/h3-16,23-26H,17-22,27-28H2,1-2H3. The maximum atomic E-state index is 13.0. The predicted molar refractivity (Wildman–Crippen MR) is 204 cm³/mol. The second-order valence-electron chi connectivity index (χ2n) is 12.5. The number of aryl methyl sites for hydroxylation is 2. The van der Waals surface area contributed by atoms with Crippen molar-refractivity contribution in [2.24, 2.45) is 0 Å². The molecule has 0 saturated carbocycles. The number of piperazine rings is 1. The molecule has 0 bridgehead atoms. The van der Waals surface area contributed by atoms with Gasteiger partial charge in [-0.25, -0.2) is 9.97 Å². The summed E-state index contributed by atoms with van der Waals surface area (Å²) in [5, 5.41) is 0.441.